The van der Waals surface area contributed by atoms with Crippen molar-refractivity contribution in [1.82, 2.24) is 0 Å². The molecule has 1 aliphatic rings. The van der Waals surface area contributed by atoms with Crippen LogP contribution in [0.3, 0.4) is 0 Å². The van der Waals surface area contributed by atoms with Crippen molar-refractivity contribution < 1.29 is 13.2 Å². The Morgan fingerprint density at radius 2 is 2.14 bits per heavy atom. The first kappa shape index (κ1) is 9.40. The molecular formula is C10H10O3S. The Hall–Kier alpha value is -1.16. The van der Waals surface area contributed by atoms with E-state index in [1.54, 1.807) is 25.1 Å². The third-order valence-electron chi connectivity index (χ3n) is 2.58. The van der Waals surface area contributed by atoms with Gasteiger partial charge in [-0.3, -0.25) is 4.79 Å². The molecule has 1 unspecified atom stereocenters. The van der Waals surface area contributed by atoms with Gasteiger partial charge in [0.05, 0.1) is 10.1 Å². The zero-order valence-electron chi connectivity index (χ0n) is 7.73. The average Bonchev–Trinajstić information content (AvgIpc) is 2.38. The molecule has 2 rings (SSSR count). The van der Waals surface area contributed by atoms with Crippen LogP contribution in [0, 0.1) is 0 Å². The Bertz CT molecular complexity index is 488. The Kier molecular flexibility index (Phi) is 1.96. The Morgan fingerprint density at radius 3 is 2.79 bits per heavy atom. The predicted molar refractivity (Wildman–Crippen MR) is 52.2 cm³/mol. The summed E-state index contributed by atoms with van der Waals surface area (Å²) < 4.78 is 23.6. The van der Waals surface area contributed by atoms with Gasteiger partial charge in [0.2, 0.25) is 0 Å². The molecule has 0 bridgehead atoms. The average molecular weight is 210 g/mol. The number of carbonyl (C=O) groups is 1. The third kappa shape index (κ3) is 1.10. The predicted octanol–water partition coefficient (Wildman–Crippen LogP) is 1.22. The van der Waals surface area contributed by atoms with Crippen molar-refractivity contribution in [3.05, 3.63) is 29.3 Å². The van der Waals surface area contributed by atoms with E-state index in [4.69, 9.17) is 0 Å². The molecule has 1 aliphatic heterocycles. The largest absolute Gasteiger partial charge is 0.298 e. The number of sulfone groups is 1. The highest BCUT2D eigenvalue weighted by Crippen LogP contribution is 2.32. The second-order valence-electron chi connectivity index (χ2n) is 3.51. The number of benzene rings is 1. The minimum Gasteiger partial charge on any atom is -0.298 e. The van der Waals surface area contributed by atoms with Gasteiger partial charge in [-0.15, -0.1) is 0 Å². The number of aldehydes is 1. The highest BCUT2D eigenvalue weighted by molar-refractivity contribution is 7.92. The summed E-state index contributed by atoms with van der Waals surface area (Å²) >= 11 is 0. The SMILES string of the molecule is CC1Cc2cccc(C=O)c2S1(=O)=O. The van der Waals surface area contributed by atoms with E-state index in [1.807, 2.05) is 0 Å². The van der Waals surface area contributed by atoms with Crippen LogP contribution in [0.1, 0.15) is 22.8 Å². The first-order valence-electron chi connectivity index (χ1n) is 4.38. The first-order valence-corrected chi connectivity index (χ1v) is 5.93. The Morgan fingerprint density at radius 1 is 1.43 bits per heavy atom. The molecular weight excluding hydrogens is 200 g/mol. The molecule has 0 aromatic heterocycles. The highest BCUT2D eigenvalue weighted by Gasteiger charge is 2.35. The van der Waals surface area contributed by atoms with E-state index in [-0.39, 0.29) is 10.5 Å². The molecule has 0 saturated heterocycles. The van der Waals surface area contributed by atoms with Crippen LogP contribution in [0.25, 0.3) is 0 Å². The molecule has 0 radical (unpaired) electrons. The van der Waals surface area contributed by atoms with Crippen LogP contribution in [-0.4, -0.2) is 20.0 Å². The molecule has 0 saturated carbocycles. The molecule has 3 nitrogen and oxygen atoms in total. The summed E-state index contributed by atoms with van der Waals surface area (Å²) in [5.41, 5.74) is 1.05. The fraction of sp³-hybridized carbons (Fsp3) is 0.300. The smallest absolute Gasteiger partial charge is 0.182 e. The van der Waals surface area contributed by atoms with Crippen LogP contribution in [0.5, 0.6) is 0 Å². The lowest BCUT2D eigenvalue weighted by molar-refractivity contribution is 0.112. The summed E-state index contributed by atoms with van der Waals surface area (Å²) in [7, 11) is -3.26. The molecule has 0 spiro atoms. The van der Waals surface area contributed by atoms with Gasteiger partial charge in [-0.05, 0) is 18.9 Å². The Balaban J connectivity index is 2.79. The van der Waals surface area contributed by atoms with Crippen LogP contribution < -0.4 is 0 Å². The molecule has 1 atom stereocenters. The summed E-state index contributed by atoms with van der Waals surface area (Å²) in [5.74, 6) is 0. The van der Waals surface area contributed by atoms with E-state index in [1.165, 1.54) is 0 Å². The second kappa shape index (κ2) is 2.92. The zero-order chi connectivity index (χ0) is 10.3. The van der Waals surface area contributed by atoms with Crippen molar-refractivity contribution in [1.29, 1.82) is 0 Å². The highest BCUT2D eigenvalue weighted by atomic mass is 32.2. The van der Waals surface area contributed by atoms with Crippen molar-refractivity contribution in [2.24, 2.45) is 0 Å². The van der Waals surface area contributed by atoms with E-state index in [9.17, 15) is 13.2 Å². The molecule has 0 fully saturated rings. The number of fused-ring (bicyclic) bond motifs is 1. The van der Waals surface area contributed by atoms with E-state index in [0.29, 0.717) is 12.7 Å². The van der Waals surface area contributed by atoms with Gasteiger partial charge in [-0.25, -0.2) is 8.42 Å². The van der Waals surface area contributed by atoms with Gasteiger partial charge in [0, 0.05) is 5.56 Å². The van der Waals surface area contributed by atoms with Crippen molar-refractivity contribution in [3.63, 3.8) is 0 Å². The minimum absolute atomic E-state index is 0.238. The lowest BCUT2D eigenvalue weighted by Crippen LogP contribution is -2.12. The van der Waals surface area contributed by atoms with E-state index in [2.05, 4.69) is 0 Å². The van der Waals surface area contributed by atoms with Gasteiger partial charge >= 0.3 is 0 Å². The summed E-state index contributed by atoms with van der Waals surface area (Å²) in [4.78, 5) is 10.9. The van der Waals surface area contributed by atoms with Gasteiger partial charge < -0.3 is 0 Å². The van der Waals surface area contributed by atoms with E-state index >= 15 is 0 Å². The maximum atomic E-state index is 11.8. The van der Waals surface area contributed by atoms with Gasteiger partial charge in [-0.1, -0.05) is 18.2 Å². The normalized spacial score (nSPS) is 23.1. The lowest BCUT2D eigenvalue weighted by Gasteiger charge is -2.02. The van der Waals surface area contributed by atoms with E-state index < -0.39 is 15.1 Å². The summed E-state index contributed by atoms with van der Waals surface area (Å²) in [5, 5.41) is -0.404. The third-order valence-corrected chi connectivity index (χ3v) is 4.87. The fourth-order valence-electron chi connectivity index (χ4n) is 1.83. The van der Waals surface area contributed by atoms with Gasteiger partial charge in [0.15, 0.2) is 16.1 Å². The van der Waals surface area contributed by atoms with Crippen LogP contribution in [0.2, 0.25) is 0 Å². The van der Waals surface area contributed by atoms with Gasteiger partial charge in [0.25, 0.3) is 0 Å². The van der Waals surface area contributed by atoms with E-state index in [0.717, 1.165) is 5.56 Å². The molecule has 0 aliphatic carbocycles. The molecule has 0 N–H and O–H groups in total. The van der Waals surface area contributed by atoms with Gasteiger partial charge in [0.1, 0.15) is 0 Å². The van der Waals surface area contributed by atoms with Crippen LogP contribution in [0.4, 0.5) is 0 Å². The second-order valence-corrected chi connectivity index (χ2v) is 5.82. The molecule has 0 amide bonds. The van der Waals surface area contributed by atoms with Crippen LogP contribution >= 0.6 is 0 Å². The molecule has 1 aromatic carbocycles. The van der Waals surface area contributed by atoms with Crippen molar-refractivity contribution >= 4 is 16.1 Å². The summed E-state index contributed by atoms with van der Waals surface area (Å²) in [6.07, 6.45) is 1.12. The zero-order valence-corrected chi connectivity index (χ0v) is 8.54. The van der Waals surface area contributed by atoms with Crippen molar-refractivity contribution in [2.75, 3.05) is 0 Å². The maximum absolute atomic E-state index is 11.8. The summed E-state index contributed by atoms with van der Waals surface area (Å²) in [6.45, 7) is 1.67. The number of carbonyl (C=O) groups excluding carboxylic acids is 1. The van der Waals surface area contributed by atoms with Crippen molar-refractivity contribution in [3.8, 4) is 0 Å². The molecule has 74 valence electrons. The number of hydrogen-bond acceptors (Lipinski definition) is 3. The van der Waals surface area contributed by atoms with Crippen LogP contribution in [0.15, 0.2) is 23.1 Å². The number of hydrogen-bond donors (Lipinski definition) is 0. The standard InChI is InChI=1S/C10H10O3S/c1-7-5-8-3-2-4-9(6-11)10(8)14(7,12)13/h2-4,6-7H,5H2,1H3. The number of rotatable bonds is 1. The Labute approximate surface area is 82.7 Å². The maximum Gasteiger partial charge on any atom is 0.182 e. The lowest BCUT2D eigenvalue weighted by atomic mass is 10.1. The monoisotopic (exact) mass is 210 g/mol. The fourth-order valence-corrected chi connectivity index (χ4v) is 3.59. The first-order chi connectivity index (χ1) is 6.57. The molecule has 1 aromatic rings. The van der Waals surface area contributed by atoms with Crippen LogP contribution in [-0.2, 0) is 16.3 Å². The molecule has 14 heavy (non-hydrogen) atoms. The molecule has 4 heteroatoms. The van der Waals surface area contributed by atoms with Gasteiger partial charge in [-0.2, -0.15) is 0 Å². The molecule has 1 heterocycles. The van der Waals surface area contributed by atoms with Crippen molar-refractivity contribution in [2.45, 2.75) is 23.5 Å². The quantitative estimate of drug-likeness (QED) is 0.655. The minimum atomic E-state index is -3.26. The topological polar surface area (TPSA) is 51.2 Å². The summed E-state index contributed by atoms with van der Waals surface area (Å²) in [6, 6.07) is 5.03.